The van der Waals surface area contributed by atoms with Gasteiger partial charge in [0.15, 0.2) is 0 Å². The molecule has 4 amide bonds. The first-order valence-corrected chi connectivity index (χ1v) is 51.2. The fourth-order valence-electron chi connectivity index (χ4n) is 15.3. The third kappa shape index (κ3) is 39.3. The summed E-state index contributed by atoms with van der Waals surface area (Å²) in [7, 11) is 1.62. The fraction of sp³-hybridized carbons (Fsp3) is 0.356. The molecule has 2 aliphatic heterocycles. The molecule has 2 fully saturated rings. The Morgan fingerprint density at radius 3 is 1.02 bits per heavy atom. The van der Waals surface area contributed by atoms with Gasteiger partial charge < -0.3 is 78.3 Å². The number of likely N-dealkylation sites (tertiary alicyclic amines) is 1. The van der Waals surface area contributed by atoms with Crippen molar-refractivity contribution in [1.82, 2.24) is 28.5 Å². The molecule has 6 heterocycles. The van der Waals surface area contributed by atoms with Crippen LogP contribution in [-0.2, 0) is 54.8 Å². The predicted octanol–water partition coefficient (Wildman–Crippen LogP) is 19.6. The van der Waals surface area contributed by atoms with Crippen molar-refractivity contribution < 1.29 is 177 Å². The van der Waals surface area contributed by atoms with E-state index in [1.807, 2.05) is 147 Å². The average Bonchev–Trinajstić information content (AvgIpc) is 1.62. The van der Waals surface area contributed by atoms with Gasteiger partial charge in [0, 0.05) is 141 Å². The molecule has 2 aliphatic rings. The van der Waals surface area contributed by atoms with E-state index >= 15 is 0 Å². The third-order valence-corrected chi connectivity index (χ3v) is 22.0. The van der Waals surface area contributed by atoms with Gasteiger partial charge in [-0.3, -0.25) is 26.1 Å². The minimum atomic E-state index is -0.522. The molecular weight excluding hydrogens is 2200 g/mol. The van der Waals surface area contributed by atoms with E-state index in [0.717, 1.165) is 143 Å². The van der Waals surface area contributed by atoms with Gasteiger partial charge in [-0.15, -0.1) is 93.7 Å². The Kier molecular flexibility index (Phi) is 62.7. The Morgan fingerprint density at radius 1 is 0.461 bits per heavy atom. The van der Waals surface area contributed by atoms with Gasteiger partial charge in [0.25, 0.3) is 6.47 Å². The van der Waals surface area contributed by atoms with E-state index in [1.54, 1.807) is 83.3 Å². The van der Waals surface area contributed by atoms with Crippen molar-refractivity contribution >= 4 is 210 Å². The van der Waals surface area contributed by atoms with Gasteiger partial charge in [-0.1, -0.05) is 64.5 Å². The second-order valence-electron chi connectivity index (χ2n) is 29.7. The Bertz CT molecular complexity index is 6120. The number of nitrogens with zero attached hydrogens (tertiary/aromatic N) is 9. The number of phenols is 1. The van der Waals surface area contributed by atoms with Gasteiger partial charge >= 0.3 is 130 Å². The van der Waals surface area contributed by atoms with Crippen LogP contribution in [-0.4, -0.2) is 164 Å². The molecule has 40 heteroatoms. The number of rotatable bonds is 30. The molecule has 0 bridgehead atoms. The monoisotopic (exact) mass is 2310 g/mol. The number of hydrogen-bond donors (Lipinski definition) is 6. The Balaban J connectivity index is 0.000000451. The van der Waals surface area contributed by atoms with Gasteiger partial charge in [0.1, 0.15) is 47.3 Å². The number of hydrogen-bond acceptors (Lipinski definition) is 21. The molecule has 0 spiro atoms. The van der Waals surface area contributed by atoms with E-state index in [4.69, 9.17) is 89.6 Å². The summed E-state index contributed by atoms with van der Waals surface area (Å²) in [5, 5.41) is 76.5. The number of carbonyl (C=O) groups is 5. The number of amides is 4. The molecule has 0 atom stereocenters. The quantitative estimate of drug-likeness (QED) is 0.00463. The van der Waals surface area contributed by atoms with Gasteiger partial charge in [0.2, 0.25) is 0 Å². The number of halogens is 8. The van der Waals surface area contributed by atoms with Crippen molar-refractivity contribution in [2.45, 2.75) is 133 Å². The maximum atomic E-state index is 11.9. The Labute approximate surface area is 964 Å². The predicted molar refractivity (Wildman–Crippen MR) is 572 cm³/mol. The molecule has 12 aromatic rings. The first-order chi connectivity index (χ1) is 67.4. The van der Waals surface area contributed by atoms with Crippen LogP contribution in [0.15, 0.2) is 170 Å². The minimum Gasteiger partial charge on any atom is -1.00 e. The van der Waals surface area contributed by atoms with Crippen LogP contribution in [0.3, 0.4) is 0 Å². The topological polar surface area (TPSA) is 381 Å². The fourth-order valence-corrected chi connectivity index (χ4v) is 16.0. The molecule has 6 N–H and O–H groups in total. The van der Waals surface area contributed by atoms with Crippen LogP contribution < -0.4 is 149 Å². The summed E-state index contributed by atoms with van der Waals surface area (Å²) in [5.41, 5.74) is 14.9. The van der Waals surface area contributed by atoms with E-state index in [2.05, 4.69) is 144 Å². The summed E-state index contributed by atoms with van der Waals surface area (Å²) in [4.78, 5) is 60.8. The summed E-state index contributed by atoms with van der Waals surface area (Å²) in [6, 6.07) is 61.3. The number of fused-ring (bicyclic) bond motifs is 4. The zero-order valence-corrected chi connectivity index (χ0v) is 96.7. The van der Waals surface area contributed by atoms with Crippen LogP contribution in [0.25, 0.3) is 88.6 Å². The van der Waals surface area contributed by atoms with Gasteiger partial charge in [0.05, 0.1) is 119 Å². The van der Waals surface area contributed by atoms with E-state index < -0.39 is 24.4 Å². The molecule has 0 unspecified atom stereocenters. The second kappa shape index (κ2) is 70.6. The van der Waals surface area contributed by atoms with Crippen LogP contribution in [0.1, 0.15) is 130 Å². The summed E-state index contributed by atoms with van der Waals surface area (Å²) in [5.74, 6) is 3.79. The molecule has 0 aliphatic carbocycles. The number of benzene rings is 8. The number of alkyl halides is 5. The summed E-state index contributed by atoms with van der Waals surface area (Å²) in [6.07, 6.45) is 7.45. The minimum absolute atomic E-state index is 0. The number of ether oxygens (including phenoxy) is 7. The van der Waals surface area contributed by atoms with Gasteiger partial charge in [-0.25, -0.2) is 19.2 Å². The van der Waals surface area contributed by atoms with E-state index in [0.29, 0.717) is 110 Å². The molecular formula is C101H117BBr4Cl4K2N14O15. The maximum Gasteiger partial charge on any atom is 1.00 e. The molecule has 14 rings (SSSR count). The van der Waals surface area contributed by atoms with E-state index in [1.165, 1.54) is 58.3 Å². The molecule has 8 aromatic carbocycles. The molecule has 742 valence electrons. The number of nitrogens with one attached hydrogen (secondary N) is 5. The Hall–Kier alpha value is -8.07. The third-order valence-electron chi connectivity index (χ3n) is 20.9. The number of anilines is 4. The number of phenolic OH excluding ortho intramolecular Hbond substituents is 1. The second-order valence-corrected chi connectivity index (χ2v) is 38.5. The molecule has 0 saturated carbocycles. The first kappa shape index (κ1) is 125. The summed E-state index contributed by atoms with van der Waals surface area (Å²) < 4.78 is 45.5. The summed E-state index contributed by atoms with van der Waals surface area (Å²) in [6.45, 7) is 26.0. The van der Waals surface area contributed by atoms with Gasteiger partial charge in [-0.2, -0.15) is 21.0 Å². The smallest absolute Gasteiger partial charge is 1.00 e. The van der Waals surface area contributed by atoms with Crippen molar-refractivity contribution in [2.75, 3.05) is 123 Å². The molecule has 29 nitrogen and oxygen atoms in total. The van der Waals surface area contributed by atoms with Crippen molar-refractivity contribution in [1.29, 1.82) is 21.0 Å². The number of unbranched alkanes of at least 4 members (excludes halogenated alkanes) is 1. The van der Waals surface area contributed by atoms with Crippen LogP contribution >= 0.6 is 110 Å². The normalized spacial score (nSPS) is 11.2. The first-order valence-electron chi connectivity index (χ1n) is 45.2. The standard InChI is InChI=1S/C27H32N4O3.C23H24ClN3O3.C21H21N3O3.C20H19N3O3.C4H8BrCl.C4H9N.CH2Cl2.CH2O3.BBr3.2K.H/c1-3-31-25-18-22(34-16-8-15-30-13-5-6-14-30)11-12-23(25)24(19-28)26(31)20-9-7-10-21(17-20)29-27(32)33-4-2;1-3-27-21-14-18(30-12-6-11-24)9-10-19(21)20(15-25)22(27)16-7-5-8-17(13-16)26-23(28)29-4-2;1-4-24-19-12-16(26-3)9-10-17(19)18(13-22)20(24)14-7-6-8-15(11-14)23-21(25)27-5-2;1-3-23-18-11-15(24)8-9-16(18)17(12-21)19(23)13-6-5-7-14(10-13)22-20(25)26-4-2;5-3-1-2-4-6;1-2-4-5-3-1;2-1-3;2-1-4-3;2-1(3)4;;;/h7,9-12,17-18H,3-6,8,13-16H2,1-2H3,(H,29,32);5,7-10,13-14H,3-4,6,11-12H2,1-2H3,(H,26,28);6-12H,4-5H2,1-3H3,(H,23,25);5-11,24H,3-4H2,1-2H3,(H,22,25);1-4H2;5H,1-4H2;1H2;1,3H;;;;/q;;;;;;;;;2*+1;-1/p-1. The Morgan fingerprint density at radius 2 is 0.759 bits per heavy atom. The van der Waals surface area contributed by atoms with E-state index in [-0.39, 0.29) is 132 Å². The molecule has 0 radical (unpaired) electrons. The number of aromatic nitrogens is 4. The zero-order valence-electron chi connectivity index (χ0n) is 82.1. The number of nitriles is 4. The molecule has 141 heavy (non-hydrogen) atoms. The van der Waals surface area contributed by atoms with Crippen molar-refractivity contribution in [3.8, 4) is 92.3 Å². The SMILES string of the molecule is BrB(Br)Br.C1CCNC1.CCOC(=O)Nc1cccc(-c2c(C#N)c3ccc(O)cc3n2CC)c1.CCOC(=O)Nc1cccc(-c2c(C#N)c3ccc(OC)cc3n2CC)c1.CCOC(=O)Nc1cccc(-c2c(C#N)c3ccc(OCCCCl)cc3n2CC)c1.CCOC(=O)Nc1cccc(-c2c(C#N)c3ccc(OCCCN4CCCC4)cc3n2CC)c1.ClCCCCBr.ClCCl.O=CO[O-].[H-].[K+].[K+]. The number of methoxy groups -OCH3 is 1. The number of carbonyl (C=O) groups excluding carboxylic acids is 5. The van der Waals surface area contributed by atoms with Crippen LogP contribution in [0.5, 0.6) is 23.0 Å². The number of aryl methyl sites for hydroxylation is 4. The van der Waals surface area contributed by atoms with Crippen molar-refractivity contribution in [3.63, 3.8) is 0 Å². The van der Waals surface area contributed by atoms with Crippen molar-refractivity contribution in [3.05, 3.63) is 192 Å². The largest absolute Gasteiger partial charge is 1.00 e. The maximum absolute atomic E-state index is 11.9. The van der Waals surface area contributed by atoms with Crippen LogP contribution in [0, 0.1) is 45.3 Å². The zero-order chi connectivity index (χ0) is 102. The molecule has 4 aromatic heterocycles. The van der Waals surface area contributed by atoms with E-state index in [9.17, 15) is 45.3 Å². The van der Waals surface area contributed by atoms with Crippen molar-refractivity contribution in [2.24, 2.45) is 0 Å². The van der Waals surface area contributed by atoms with Crippen LogP contribution in [0.4, 0.5) is 41.9 Å². The summed E-state index contributed by atoms with van der Waals surface area (Å²) >= 11 is 33.2. The van der Waals surface area contributed by atoms with Crippen LogP contribution in [0.2, 0.25) is 0 Å². The van der Waals surface area contributed by atoms with Gasteiger partial charge in [-0.05, 0) is 230 Å². The average molecular weight is 2320 g/mol. The number of aromatic hydroxyl groups is 1. The molecule has 2 saturated heterocycles.